The third kappa shape index (κ3) is 5.15. The summed E-state index contributed by atoms with van der Waals surface area (Å²) >= 11 is 2.77. The van der Waals surface area contributed by atoms with Gasteiger partial charge in [0, 0.05) is 21.7 Å². The van der Waals surface area contributed by atoms with Crippen molar-refractivity contribution in [3.05, 3.63) is 74.2 Å². The van der Waals surface area contributed by atoms with E-state index in [-0.39, 0.29) is 70.5 Å². The number of carboxylic acids is 1. The Bertz CT molecular complexity index is 1770. The fourth-order valence-corrected chi connectivity index (χ4v) is 11.1. The molecule has 8 atom stereocenters. The van der Waals surface area contributed by atoms with Crippen molar-refractivity contribution in [2.24, 2.45) is 35.5 Å². The number of hydrogen-bond donors (Lipinski definition) is 3. The van der Waals surface area contributed by atoms with Crippen molar-refractivity contribution in [2.45, 2.75) is 55.8 Å². The first-order valence-corrected chi connectivity index (χ1v) is 17.3. The lowest BCUT2D eigenvalue weighted by Gasteiger charge is -2.43. The molecule has 1 saturated heterocycles. The van der Waals surface area contributed by atoms with E-state index in [1.165, 1.54) is 11.3 Å². The van der Waals surface area contributed by atoms with Crippen LogP contribution in [-0.2, 0) is 19.2 Å². The second-order valence-corrected chi connectivity index (χ2v) is 15.5. The summed E-state index contributed by atoms with van der Waals surface area (Å²) in [7, 11) is 0. The van der Waals surface area contributed by atoms with Gasteiger partial charge in [-0.1, -0.05) is 55.0 Å². The van der Waals surface area contributed by atoms with E-state index in [0.29, 0.717) is 11.4 Å². The number of aromatic amines is 1. The number of imide groups is 1. The quantitative estimate of drug-likeness (QED) is 0.279. The Balaban J connectivity index is 1.13. The maximum absolute atomic E-state index is 13.9. The van der Waals surface area contributed by atoms with Crippen LogP contribution in [0.2, 0.25) is 0 Å². The highest BCUT2D eigenvalue weighted by atomic mass is 32.2. The number of thiazole rings is 1. The molecule has 3 N–H and O–H groups in total. The summed E-state index contributed by atoms with van der Waals surface area (Å²) in [6, 6.07) is 13.9. The van der Waals surface area contributed by atoms with E-state index in [1.807, 2.05) is 69.3 Å². The summed E-state index contributed by atoms with van der Waals surface area (Å²) < 4.78 is 5.77. The summed E-state index contributed by atoms with van der Waals surface area (Å²) in [5, 5.41) is 13.6. The van der Waals surface area contributed by atoms with Crippen LogP contribution in [0.25, 0.3) is 0 Å². The van der Waals surface area contributed by atoms with Gasteiger partial charge >= 0.3 is 10.8 Å². The van der Waals surface area contributed by atoms with E-state index >= 15 is 0 Å². The number of nitrogens with zero attached hydrogens (tertiary/aromatic N) is 1. The van der Waals surface area contributed by atoms with Crippen LogP contribution in [-0.4, -0.2) is 56.6 Å². The van der Waals surface area contributed by atoms with Gasteiger partial charge in [-0.2, -0.15) is 0 Å². The van der Waals surface area contributed by atoms with Gasteiger partial charge in [0.1, 0.15) is 11.8 Å². The zero-order valence-electron chi connectivity index (χ0n) is 25.6. The number of benzene rings is 2. The third-order valence-corrected chi connectivity index (χ3v) is 12.6. The molecule has 2 aliphatic heterocycles. The van der Waals surface area contributed by atoms with E-state index in [2.05, 4.69) is 10.3 Å². The summed E-state index contributed by atoms with van der Waals surface area (Å²) in [6.07, 6.45) is 0.935. The lowest BCUT2D eigenvalue weighted by atomic mass is 9.68. The second kappa shape index (κ2) is 11.7. The van der Waals surface area contributed by atoms with Gasteiger partial charge in [0.15, 0.2) is 6.61 Å². The molecule has 1 aromatic heterocycles. The maximum atomic E-state index is 13.9. The topological polar surface area (TPSA) is 146 Å². The number of H-pyrrole nitrogens is 1. The number of aryl methyl sites for hydroxylation is 1. The Morgan fingerprint density at radius 3 is 2.35 bits per heavy atom. The predicted molar refractivity (Wildman–Crippen MR) is 173 cm³/mol. The highest BCUT2D eigenvalue weighted by molar-refractivity contribution is 8.00. The Hall–Kier alpha value is -3.90. The fourth-order valence-electron chi connectivity index (χ4n) is 8.24. The number of hydrogen-bond acceptors (Lipinski definition) is 8. The molecule has 2 aliphatic carbocycles. The molecule has 4 aliphatic rings. The van der Waals surface area contributed by atoms with Crippen molar-refractivity contribution < 1.29 is 29.0 Å². The standard InChI is InChI=1S/C34H35N3O7S2/c1-15(2)12-22(33(41)42)37-31(39)26-20-13-21(27(26)32(37)40)28-25(20)24(29-30(45-28)36-34(43)46-29)17-6-10-19(11-7-17)44-14-23(38)35-18-8-4-16(3)5-9-18/h4-11,15,20-22,24-28H,12-14H2,1-3H3,(H,35,38)(H,36,43)(H,41,42)/t20?,21?,22?,24-,25?,26?,27?,28?/m1/s1. The smallest absolute Gasteiger partial charge is 0.326 e. The predicted octanol–water partition coefficient (Wildman–Crippen LogP) is 4.73. The number of nitrogens with one attached hydrogen (secondary N) is 2. The van der Waals surface area contributed by atoms with Crippen molar-refractivity contribution in [3.63, 3.8) is 0 Å². The van der Waals surface area contributed by atoms with Gasteiger partial charge in [0.05, 0.1) is 16.9 Å². The molecule has 10 nitrogen and oxygen atoms in total. The van der Waals surface area contributed by atoms with Gasteiger partial charge in [-0.05, 0) is 73.3 Å². The Labute approximate surface area is 273 Å². The van der Waals surface area contributed by atoms with Crippen LogP contribution in [0.1, 0.15) is 48.6 Å². The van der Waals surface area contributed by atoms with Crippen LogP contribution in [0.4, 0.5) is 5.69 Å². The van der Waals surface area contributed by atoms with Crippen LogP contribution in [0.5, 0.6) is 5.75 Å². The molecule has 3 fully saturated rings. The zero-order chi connectivity index (χ0) is 32.4. The van der Waals surface area contributed by atoms with Gasteiger partial charge in [0.25, 0.3) is 5.91 Å². The lowest BCUT2D eigenvalue weighted by Crippen LogP contribution is -2.47. The molecule has 2 bridgehead atoms. The van der Waals surface area contributed by atoms with Crippen molar-refractivity contribution in [3.8, 4) is 5.75 Å². The van der Waals surface area contributed by atoms with E-state index in [4.69, 9.17) is 4.74 Å². The number of carbonyl (C=O) groups is 4. The molecule has 7 rings (SSSR count). The van der Waals surface area contributed by atoms with Crippen molar-refractivity contribution in [1.82, 2.24) is 9.88 Å². The highest BCUT2D eigenvalue weighted by Crippen LogP contribution is 2.68. The van der Waals surface area contributed by atoms with E-state index in [9.17, 15) is 29.1 Å². The molecule has 2 saturated carbocycles. The van der Waals surface area contributed by atoms with Crippen molar-refractivity contribution in [2.75, 3.05) is 11.9 Å². The number of rotatable bonds is 9. The lowest BCUT2D eigenvalue weighted by molar-refractivity contribution is -0.156. The first-order valence-electron chi connectivity index (χ1n) is 15.6. The van der Waals surface area contributed by atoms with E-state index < -0.39 is 23.8 Å². The molecule has 3 heterocycles. The SMILES string of the molecule is Cc1ccc(NC(=O)COc2ccc([C@H]3c4sc(=O)[nH]c4SC4C5CC(C6C(=O)N(C(CC(C)C)C(=O)O)C(=O)C56)C43)cc2)cc1. The number of likely N-dealkylation sites (tertiary alicyclic amines) is 1. The van der Waals surface area contributed by atoms with Crippen molar-refractivity contribution in [1.29, 1.82) is 0 Å². The summed E-state index contributed by atoms with van der Waals surface area (Å²) in [5.41, 5.74) is 2.75. The van der Waals surface area contributed by atoms with Crippen LogP contribution in [0.15, 0.2) is 58.4 Å². The molecule has 240 valence electrons. The van der Waals surface area contributed by atoms with E-state index in [0.717, 1.165) is 32.4 Å². The molecule has 46 heavy (non-hydrogen) atoms. The van der Waals surface area contributed by atoms with Gasteiger partial charge in [0.2, 0.25) is 11.8 Å². The molecule has 12 heteroatoms. The average Bonchev–Trinajstić information content (AvgIpc) is 3.75. The Morgan fingerprint density at radius 2 is 1.70 bits per heavy atom. The van der Waals surface area contributed by atoms with Crippen LogP contribution in [0, 0.1) is 42.4 Å². The molecule has 3 amide bonds. The third-order valence-electron chi connectivity index (χ3n) is 9.99. The monoisotopic (exact) mass is 661 g/mol. The normalized spacial score (nSPS) is 28.2. The number of aromatic nitrogens is 1. The Kier molecular flexibility index (Phi) is 7.83. The first kappa shape index (κ1) is 30.7. The average molecular weight is 662 g/mol. The summed E-state index contributed by atoms with van der Waals surface area (Å²) in [6.45, 7) is 5.59. The number of aliphatic carboxylic acids is 1. The number of anilines is 1. The van der Waals surface area contributed by atoms with E-state index in [1.54, 1.807) is 11.8 Å². The number of carboxylic acid groups (broad SMARTS) is 1. The molecule has 3 aromatic rings. The van der Waals surface area contributed by atoms with Crippen LogP contribution < -0.4 is 14.9 Å². The molecule has 2 aromatic carbocycles. The second-order valence-electron chi connectivity index (χ2n) is 13.3. The zero-order valence-corrected chi connectivity index (χ0v) is 27.2. The fraction of sp³-hybridized carbons (Fsp3) is 0.441. The van der Waals surface area contributed by atoms with Crippen LogP contribution in [0.3, 0.4) is 0 Å². The minimum atomic E-state index is -1.17. The highest BCUT2D eigenvalue weighted by Gasteiger charge is 2.70. The van der Waals surface area contributed by atoms with Crippen molar-refractivity contribution >= 4 is 52.5 Å². The Morgan fingerprint density at radius 1 is 1.02 bits per heavy atom. The number of fused-ring (bicyclic) bond motifs is 9. The van der Waals surface area contributed by atoms with Gasteiger partial charge < -0.3 is 20.1 Å². The number of ether oxygens (including phenoxy) is 1. The summed E-state index contributed by atoms with van der Waals surface area (Å²) in [5.74, 6) is -3.09. The summed E-state index contributed by atoms with van der Waals surface area (Å²) in [4.78, 5) is 69.8. The first-order chi connectivity index (χ1) is 22.0. The minimum Gasteiger partial charge on any atom is -0.484 e. The largest absolute Gasteiger partial charge is 0.484 e. The maximum Gasteiger partial charge on any atom is 0.326 e. The number of amides is 3. The minimum absolute atomic E-state index is 0.000438. The van der Waals surface area contributed by atoms with Gasteiger partial charge in [-0.25, -0.2) is 4.79 Å². The van der Waals surface area contributed by atoms with Gasteiger partial charge in [-0.3, -0.25) is 24.1 Å². The van der Waals surface area contributed by atoms with Crippen LogP contribution >= 0.6 is 23.1 Å². The molecule has 7 unspecified atom stereocenters. The molecular weight excluding hydrogens is 627 g/mol. The molecule has 0 radical (unpaired) electrons. The van der Waals surface area contributed by atoms with Gasteiger partial charge in [-0.15, -0.1) is 11.8 Å². The molecule has 0 spiro atoms. The number of carbonyl (C=O) groups excluding carboxylic acids is 3. The molecular formula is C34H35N3O7S2. The number of thioether (sulfide) groups is 1.